The van der Waals surface area contributed by atoms with Crippen LogP contribution in [0, 0.1) is 5.92 Å². The molecule has 0 spiro atoms. The molecule has 1 aliphatic heterocycles. The number of aliphatic hydroxyl groups is 1. The third-order valence-corrected chi connectivity index (χ3v) is 7.28. The number of nitrogens with two attached hydrogens (primary N) is 1. The summed E-state index contributed by atoms with van der Waals surface area (Å²) in [6.45, 7) is 6.48. The highest BCUT2D eigenvalue weighted by molar-refractivity contribution is 6.22. The first-order valence-corrected chi connectivity index (χ1v) is 13.4. The lowest BCUT2D eigenvalue weighted by molar-refractivity contribution is -0.130. The van der Waals surface area contributed by atoms with Crippen LogP contribution in [0.25, 0.3) is 0 Å². The first-order valence-electron chi connectivity index (χ1n) is 13.4. The van der Waals surface area contributed by atoms with E-state index in [9.17, 15) is 24.3 Å². The zero-order valence-corrected chi connectivity index (χ0v) is 25.3. The van der Waals surface area contributed by atoms with Crippen LogP contribution in [0.5, 0.6) is 0 Å². The topological polar surface area (TPSA) is 173 Å². The van der Waals surface area contributed by atoms with Crippen molar-refractivity contribution in [2.24, 2.45) is 11.7 Å². The molecule has 1 unspecified atom stereocenters. The van der Waals surface area contributed by atoms with Gasteiger partial charge in [-0.3, -0.25) is 14.4 Å². The van der Waals surface area contributed by atoms with Crippen molar-refractivity contribution in [2.45, 2.75) is 70.2 Å². The van der Waals surface area contributed by atoms with E-state index in [0.29, 0.717) is 5.57 Å². The van der Waals surface area contributed by atoms with Gasteiger partial charge in [-0.05, 0) is 50.8 Å². The maximum Gasteiger partial charge on any atom is 0.405 e. The van der Waals surface area contributed by atoms with Crippen LogP contribution >= 0.6 is 0 Å². The molecule has 7 atom stereocenters. The summed E-state index contributed by atoms with van der Waals surface area (Å²) < 4.78 is 28.0. The zero-order valence-electron chi connectivity index (χ0n) is 25.3. The molecule has 12 heteroatoms. The summed E-state index contributed by atoms with van der Waals surface area (Å²) >= 11 is 0. The number of carbonyl (C=O) groups excluding carboxylic acids is 4. The lowest BCUT2D eigenvalue weighted by Crippen LogP contribution is -2.49. The Balaban J connectivity index is 2.72. The predicted molar refractivity (Wildman–Crippen MR) is 153 cm³/mol. The summed E-state index contributed by atoms with van der Waals surface area (Å²) in [5, 5.41) is 14.1. The molecular formula is C30H42N2O10. The molecule has 0 aromatic heterocycles. The summed E-state index contributed by atoms with van der Waals surface area (Å²) in [7, 11) is 5.68. The van der Waals surface area contributed by atoms with Gasteiger partial charge in [-0.1, -0.05) is 25.2 Å². The molecule has 1 heterocycles. The van der Waals surface area contributed by atoms with Crippen LogP contribution in [0.15, 0.2) is 58.9 Å². The molecule has 2 aliphatic rings. The molecule has 4 N–H and O–H groups in total. The highest BCUT2D eigenvalue weighted by atomic mass is 16.6. The fraction of sp³-hybridized carbons (Fsp3) is 0.533. The van der Waals surface area contributed by atoms with E-state index in [2.05, 4.69) is 5.32 Å². The Bertz CT molecular complexity index is 1200. The third-order valence-electron chi connectivity index (χ3n) is 7.28. The van der Waals surface area contributed by atoms with Crippen LogP contribution in [0.4, 0.5) is 4.79 Å². The minimum atomic E-state index is -1.66. The van der Waals surface area contributed by atoms with Gasteiger partial charge in [0, 0.05) is 45.7 Å². The average molecular weight is 591 g/mol. The number of hydrogen-bond donors (Lipinski definition) is 3. The highest BCUT2D eigenvalue weighted by Gasteiger charge is 2.41. The van der Waals surface area contributed by atoms with Crippen LogP contribution in [-0.2, 0) is 38.1 Å². The van der Waals surface area contributed by atoms with E-state index in [1.54, 1.807) is 13.8 Å². The molecule has 0 saturated heterocycles. The van der Waals surface area contributed by atoms with Crippen molar-refractivity contribution in [1.82, 2.24) is 5.32 Å². The quantitative estimate of drug-likeness (QED) is 0.317. The second-order valence-corrected chi connectivity index (χ2v) is 10.5. The molecule has 0 radical (unpaired) electrons. The maximum absolute atomic E-state index is 13.4. The van der Waals surface area contributed by atoms with Crippen molar-refractivity contribution in [1.29, 1.82) is 0 Å². The van der Waals surface area contributed by atoms with E-state index in [4.69, 9.17) is 29.4 Å². The predicted octanol–water partition coefficient (Wildman–Crippen LogP) is 1.83. The van der Waals surface area contributed by atoms with Gasteiger partial charge in [-0.25, -0.2) is 4.79 Å². The van der Waals surface area contributed by atoms with Crippen molar-refractivity contribution < 1.29 is 48.0 Å². The summed E-state index contributed by atoms with van der Waals surface area (Å²) in [4.78, 5) is 50.7. The molecule has 0 fully saturated rings. The van der Waals surface area contributed by atoms with Crippen molar-refractivity contribution in [3.63, 3.8) is 0 Å². The highest BCUT2D eigenvalue weighted by Crippen LogP contribution is 2.31. The summed E-state index contributed by atoms with van der Waals surface area (Å²) in [5.74, 6) is -2.07. The lowest BCUT2D eigenvalue weighted by atomic mass is 9.82. The molecule has 42 heavy (non-hydrogen) atoms. The van der Waals surface area contributed by atoms with Crippen LogP contribution in [-0.4, -0.2) is 93.2 Å². The number of fused-ring (bicyclic) bond motifs is 2. The number of amides is 2. The van der Waals surface area contributed by atoms with E-state index in [1.165, 1.54) is 72.7 Å². The molecule has 0 aromatic carbocycles. The number of methoxy groups -OCH3 is 4. The number of carbonyl (C=O) groups is 4. The van der Waals surface area contributed by atoms with Crippen LogP contribution in [0.2, 0.25) is 0 Å². The molecule has 12 nitrogen and oxygen atoms in total. The van der Waals surface area contributed by atoms with Crippen molar-refractivity contribution in [3.8, 4) is 0 Å². The van der Waals surface area contributed by atoms with Crippen molar-refractivity contribution >= 4 is 23.6 Å². The molecule has 2 bridgehead atoms. The smallest absolute Gasteiger partial charge is 0.405 e. The van der Waals surface area contributed by atoms with Crippen LogP contribution in [0.3, 0.4) is 0 Å². The van der Waals surface area contributed by atoms with Crippen LogP contribution in [0.1, 0.15) is 34.1 Å². The monoisotopic (exact) mass is 590 g/mol. The molecule has 0 aromatic rings. The zero-order chi connectivity index (χ0) is 31.8. The van der Waals surface area contributed by atoms with E-state index in [-0.39, 0.29) is 23.3 Å². The van der Waals surface area contributed by atoms with Gasteiger partial charge < -0.3 is 39.8 Å². The molecule has 2 rings (SSSR count). The minimum absolute atomic E-state index is 0.0768. The van der Waals surface area contributed by atoms with Crippen LogP contribution < -0.4 is 11.1 Å². The Hall–Kier alpha value is -3.42. The summed E-state index contributed by atoms with van der Waals surface area (Å²) in [6.07, 6.45) is 2.98. The SMILES string of the molecule is CO[C@H]1/C=C\C=C(/C)C(=O)NC2=CC(=O)C=C(C2=O)[C@H](OC)[C@@H](C)C[C@H](OC)[C@H](OC)C(C)(O)/C=C(\C)[C@@H]1OC(N)=O. The van der Waals surface area contributed by atoms with Crippen molar-refractivity contribution in [2.75, 3.05) is 28.4 Å². The first-order chi connectivity index (χ1) is 19.7. The third kappa shape index (κ3) is 8.55. The van der Waals surface area contributed by atoms with E-state index in [0.717, 1.165) is 6.08 Å². The fourth-order valence-electron chi connectivity index (χ4n) is 5.27. The Morgan fingerprint density at radius 1 is 1.02 bits per heavy atom. The number of Topliss-reactive ketones (excluding diaryl/α,β-unsaturated/α-hetero) is 1. The second-order valence-electron chi connectivity index (χ2n) is 10.5. The number of rotatable bonds is 5. The van der Waals surface area contributed by atoms with Gasteiger partial charge in [0.25, 0.3) is 5.91 Å². The Labute approximate surface area is 246 Å². The number of ether oxygens (including phenoxy) is 5. The maximum atomic E-state index is 13.4. The number of primary amides is 1. The van der Waals surface area contributed by atoms with Gasteiger partial charge in [0.1, 0.15) is 17.8 Å². The normalized spacial score (nSPS) is 35.1. The van der Waals surface area contributed by atoms with E-state index >= 15 is 0 Å². The largest absolute Gasteiger partial charge is 0.439 e. The fourth-order valence-corrected chi connectivity index (χ4v) is 5.27. The first kappa shape index (κ1) is 34.8. The van der Waals surface area contributed by atoms with Gasteiger partial charge in [-0.15, -0.1) is 0 Å². The standard InChI is InChI=1S/C30H42N2O10/c1-16-10-9-11-22(38-5)26(42-29(31)36)18(3)15-30(4,37)27(41-8)23(39-6)12-17(2)25(40-7)20-13-19(33)14-21(24(20)34)32-28(16)35/h9-11,13-15,17,22-23,25-27,37H,12H2,1-8H3,(H2,31,36)(H,32,35)/b11-9-,16-10+,18-15+/t17-,22-,23-,25+,26-,27-,30?/m0/s1. The molecule has 0 saturated carbocycles. The van der Waals surface area contributed by atoms with E-state index < -0.39 is 65.6 Å². The molecule has 232 valence electrons. The van der Waals surface area contributed by atoms with Crippen molar-refractivity contribution in [3.05, 3.63) is 58.9 Å². The number of nitrogens with one attached hydrogen (secondary N) is 1. The Morgan fingerprint density at radius 3 is 2.24 bits per heavy atom. The number of ketones is 2. The minimum Gasteiger partial charge on any atom is -0.439 e. The average Bonchev–Trinajstić information content (AvgIpc) is 2.91. The van der Waals surface area contributed by atoms with Gasteiger partial charge in [0.2, 0.25) is 5.78 Å². The summed E-state index contributed by atoms with van der Waals surface area (Å²) in [5.41, 5.74) is 4.19. The van der Waals surface area contributed by atoms with Gasteiger partial charge in [0.05, 0.1) is 17.9 Å². The van der Waals surface area contributed by atoms with Gasteiger partial charge in [0.15, 0.2) is 11.9 Å². The molecule has 1 aliphatic carbocycles. The molecular weight excluding hydrogens is 548 g/mol. The Kier molecular flexibility index (Phi) is 12.6. The summed E-state index contributed by atoms with van der Waals surface area (Å²) in [6, 6.07) is 0. The van der Waals surface area contributed by atoms with E-state index in [1.807, 2.05) is 0 Å². The van der Waals surface area contributed by atoms with Gasteiger partial charge >= 0.3 is 6.09 Å². The Morgan fingerprint density at radius 2 is 1.69 bits per heavy atom. The lowest BCUT2D eigenvalue weighted by Gasteiger charge is -2.38. The molecule has 2 amide bonds. The van der Waals surface area contributed by atoms with Gasteiger partial charge in [-0.2, -0.15) is 0 Å². The number of hydrogen-bond acceptors (Lipinski definition) is 10. The second kappa shape index (κ2) is 15.2. The number of allylic oxidation sites excluding steroid dienone is 5.